The van der Waals surface area contributed by atoms with Gasteiger partial charge in [0.25, 0.3) is 0 Å². The SMILES string of the molecule is O=C([O-])CSc1ncn[nH]1.[Ag+]. The molecule has 0 aliphatic rings. The maximum absolute atomic E-state index is 9.90. The zero-order valence-corrected chi connectivity index (χ0v) is 7.50. The summed E-state index contributed by atoms with van der Waals surface area (Å²) in [6.07, 6.45) is 1.32. The first-order valence-electron chi connectivity index (χ1n) is 2.47. The molecule has 0 unspecified atom stereocenters. The van der Waals surface area contributed by atoms with Gasteiger partial charge in [-0.15, -0.1) is 0 Å². The van der Waals surface area contributed by atoms with Gasteiger partial charge in [0, 0.05) is 5.75 Å². The Morgan fingerprint density at radius 3 is 3.00 bits per heavy atom. The maximum Gasteiger partial charge on any atom is 1.00 e. The molecular weight excluding hydrogens is 262 g/mol. The number of carbonyl (C=O) groups is 1. The number of H-pyrrole nitrogens is 1. The van der Waals surface area contributed by atoms with Gasteiger partial charge in [0.15, 0.2) is 5.16 Å². The van der Waals surface area contributed by atoms with Crippen LogP contribution in [0.2, 0.25) is 0 Å². The third-order valence-electron chi connectivity index (χ3n) is 0.720. The number of aromatic nitrogens is 3. The van der Waals surface area contributed by atoms with Gasteiger partial charge in [0.1, 0.15) is 6.33 Å². The average molecular weight is 266 g/mol. The Bertz CT molecular complexity index is 215. The third kappa shape index (κ3) is 4.20. The number of carboxylic acids is 1. The number of carbonyl (C=O) groups excluding carboxylic acids is 1. The minimum Gasteiger partial charge on any atom is -0.549 e. The van der Waals surface area contributed by atoms with Crippen molar-refractivity contribution >= 4 is 17.7 Å². The van der Waals surface area contributed by atoms with Crippen molar-refractivity contribution in [1.82, 2.24) is 15.2 Å². The Morgan fingerprint density at radius 2 is 2.55 bits per heavy atom. The molecule has 1 heterocycles. The minimum atomic E-state index is -1.11. The summed E-state index contributed by atoms with van der Waals surface area (Å²) >= 11 is 1.04. The van der Waals surface area contributed by atoms with Crippen LogP contribution in [-0.4, -0.2) is 26.9 Å². The van der Waals surface area contributed by atoms with E-state index in [0.29, 0.717) is 5.16 Å². The number of nitrogens with one attached hydrogen (secondary N) is 1. The van der Waals surface area contributed by atoms with E-state index in [4.69, 9.17) is 0 Å². The van der Waals surface area contributed by atoms with Gasteiger partial charge in [-0.3, -0.25) is 5.10 Å². The molecule has 0 bridgehead atoms. The molecule has 0 amide bonds. The Kier molecular flexibility index (Phi) is 5.22. The second-order valence-corrected chi connectivity index (χ2v) is 2.42. The van der Waals surface area contributed by atoms with Crippen LogP contribution in [-0.2, 0) is 27.2 Å². The number of hydrogen-bond donors (Lipinski definition) is 1. The molecule has 0 saturated heterocycles. The van der Waals surface area contributed by atoms with Crippen molar-refractivity contribution in [3.05, 3.63) is 6.33 Å². The van der Waals surface area contributed by atoms with Gasteiger partial charge < -0.3 is 9.90 Å². The number of hydrogen-bond acceptors (Lipinski definition) is 5. The fourth-order valence-electron chi connectivity index (χ4n) is 0.391. The van der Waals surface area contributed by atoms with Gasteiger partial charge in [0.2, 0.25) is 0 Å². The van der Waals surface area contributed by atoms with E-state index >= 15 is 0 Å². The first-order valence-corrected chi connectivity index (χ1v) is 3.45. The van der Waals surface area contributed by atoms with Crippen LogP contribution in [0.4, 0.5) is 0 Å². The summed E-state index contributed by atoms with van der Waals surface area (Å²) < 4.78 is 0. The van der Waals surface area contributed by atoms with Crippen LogP contribution in [0.1, 0.15) is 0 Å². The molecule has 7 heteroatoms. The molecule has 0 spiro atoms. The van der Waals surface area contributed by atoms with Crippen LogP contribution in [0.15, 0.2) is 11.5 Å². The molecule has 1 N–H and O–H groups in total. The zero-order valence-electron chi connectivity index (χ0n) is 5.21. The van der Waals surface area contributed by atoms with E-state index in [2.05, 4.69) is 15.2 Å². The van der Waals surface area contributed by atoms with Crippen LogP contribution in [0.3, 0.4) is 0 Å². The molecule has 0 aliphatic heterocycles. The molecule has 11 heavy (non-hydrogen) atoms. The van der Waals surface area contributed by atoms with Crippen molar-refractivity contribution < 1.29 is 32.3 Å². The van der Waals surface area contributed by atoms with E-state index in [1.54, 1.807) is 0 Å². The molecule has 1 aromatic rings. The fraction of sp³-hybridized carbons (Fsp3) is 0.250. The number of nitrogens with zero attached hydrogens (tertiary/aromatic N) is 2. The van der Waals surface area contributed by atoms with Gasteiger partial charge in [0.05, 0.1) is 5.97 Å². The maximum atomic E-state index is 9.90. The standard InChI is InChI=1S/C4H5N3O2S.Ag/c8-3(9)1-10-4-5-2-6-7-4;/h2H,1H2,(H,8,9)(H,5,6,7);/q;+1/p-1. The molecule has 1 aromatic heterocycles. The van der Waals surface area contributed by atoms with Gasteiger partial charge in [-0.2, -0.15) is 5.10 Å². The van der Waals surface area contributed by atoms with Crippen molar-refractivity contribution in [3.63, 3.8) is 0 Å². The molecular formula is C4H4AgN3O2S. The molecule has 0 atom stereocenters. The Morgan fingerprint density at radius 1 is 1.82 bits per heavy atom. The molecule has 0 aliphatic carbocycles. The summed E-state index contributed by atoms with van der Waals surface area (Å²) in [7, 11) is 0. The van der Waals surface area contributed by atoms with Crippen molar-refractivity contribution in [1.29, 1.82) is 0 Å². The van der Waals surface area contributed by atoms with Gasteiger partial charge in [-0.25, -0.2) is 4.98 Å². The summed E-state index contributed by atoms with van der Waals surface area (Å²) in [6, 6.07) is 0. The van der Waals surface area contributed by atoms with Crippen LogP contribution in [0.25, 0.3) is 0 Å². The van der Waals surface area contributed by atoms with Gasteiger partial charge >= 0.3 is 22.4 Å². The monoisotopic (exact) mass is 265 g/mol. The van der Waals surface area contributed by atoms with Crippen LogP contribution in [0.5, 0.6) is 0 Å². The largest absolute Gasteiger partial charge is 1.00 e. The topological polar surface area (TPSA) is 81.7 Å². The van der Waals surface area contributed by atoms with Gasteiger partial charge in [-0.1, -0.05) is 11.8 Å². The van der Waals surface area contributed by atoms with Crippen molar-refractivity contribution in [2.45, 2.75) is 5.16 Å². The smallest absolute Gasteiger partial charge is 0.549 e. The first kappa shape index (κ1) is 10.7. The number of rotatable bonds is 3. The molecule has 0 radical (unpaired) electrons. The quantitative estimate of drug-likeness (QED) is 0.540. The summed E-state index contributed by atoms with van der Waals surface area (Å²) in [6.45, 7) is 0. The summed E-state index contributed by atoms with van der Waals surface area (Å²) in [5.74, 6) is -1.21. The molecule has 0 saturated carbocycles. The Balaban J connectivity index is 0.000001000. The average Bonchev–Trinajstić information content (AvgIpc) is 2.34. The number of thioether (sulfide) groups is 1. The fourth-order valence-corrected chi connectivity index (χ4v) is 0.885. The summed E-state index contributed by atoms with van der Waals surface area (Å²) in [4.78, 5) is 13.6. The predicted octanol–water partition coefficient (Wildman–Crippen LogP) is -1.36. The molecule has 64 valence electrons. The number of aromatic amines is 1. The van der Waals surface area contributed by atoms with E-state index in [1.165, 1.54) is 6.33 Å². The zero-order chi connectivity index (χ0) is 7.40. The second kappa shape index (κ2) is 5.36. The minimum absolute atomic E-state index is 0. The van der Waals surface area contributed by atoms with Crippen LogP contribution >= 0.6 is 11.8 Å². The summed E-state index contributed by atoms with van der Waals surface area (Å²) in [5, 5.41) is 16.4. The van der Waals surface area contributed by atoms with Crippen molar-refractivity contribution in [2.24, 2.45) is 0 Å². The van der Waals surface area contributed by atoms with E-state index < -0.39 is 5.97 Å². The molecule has 0 aromatic carbocycles. The third-order valence-corrected chi connectivity index (χ3v) is 1.57. The second-order valence-electron chi connectivity index (χ2n) is 1.45. The van der Waals surface area contributed by atoms with Crippen LogP contribution < -0.4 is 5.11 Å². The van der Waals surface area contributed by atoms with Crippen molar-refractivity contribution in [2.75, 3.05) is 5.75 Å². The summed E-state index contributed by atoms with van der Waals surface area (Å²) in [5.41, 5.74) is 0. The first-order chi connectivity index (χ1) is 4.79. The van der Waals surface area contributed by atoms with Crippen molar-refractivity contribution in [3.8, 4) is 0 Å². The van der Waals surface area contributed by atoms with E-state index in [9.17, 15) is 9.90 Å². The van der Waals surface area contributed by atoms with E-state index in [1.807, 2.05) is 0 Å². The Labute approximate surface area is 82.5 Å². The van der Waals surface area contributed by atoms with E-state index in [0.717, 1.165) is 11.8 Å². The normalized spacial score (nSPS) is 8.73. The Hall–Kier alpha value is -0.300. The van der Waals surface area contributed by atoms with Gasteiger partial charge in [-0.05, 0) is 0 Å². The van der Waals surface area contributed by atoms with E-state index in [-0.39, 0.29) is 28.1 Å². The number of carboxylic acid groups (broad SMARTS) is 1. The molecule has 0 fully saturated rings. The van der Waals surface area contributed by atoms with Crippen LogP contribution in [0, 0.1) is 0 Å². The predicted molar refractivity (Wildman–Crippen MR) is 32.1 cm³/mol. The number of aliphatic carboxylic acids is 1. The molecule has 5 nitrogen and oxygen atoms in total. The molecule has 1 rings (SSSR count).